The van der Waals surface area contributed by atoms with Crippen LogP contribution in [0.25, 0.3) is 11.0 Å². The van der Waals surface area contributed by atoms with Gasteiger partial charge in [-0.2, -0.15) is 0 Å². The number of para-hydroxylation sites is 2. The Morgan fingerprint density at radius 3 is 2.52 bits per heavy atom. The van der Waals surface area contributed by atoms with E-state index in [0.717, 1.165) is 36.4 Å². The highest BCUT2D eigenvalue weighted by Gasteiger charge is 2.22. The fourth-order valence-corrected chi connectivity index (χ4v) is 3.67. The molecular formula is C21H23ClN4O3. The summed E-state index contributed by atoms with van der Waals surface area (Å²) in [6.45, 7) is 4.32. The van der Waals surface area contributed by atoms with Crippen molar-refractivity contribution >= 4 is 28.5 Å². The number of imidazole rings is 1. The normalized spacial score (nSPS) is 15.0. The molecule has 0 saturated carbocycles. The number of amides is 1. The van der Waals surface area contributed by atoms with E-state index in [2.05, 4.69) is 9.88 Å². The Kier molecular flexibility index (Phi) is 5.87. The molecule has 7 nitrogen and oxygen atoms in total. The van der Waals surface area contributed by atoms with Gasteiger partial charge in [0, 0.05) is 37.7 Å². The Balaban J connectivity index is 1.25. The molecule has 0 radical (unpaired) electrons. The number of aromatic amines is 1. The molecule has 0 bridgehead atoms. The van der Waals surface area contributed by atoms with Gasteiger partial charge >= 0.3 is 5.69 Å². The summed E-state index contributed by atoms with van der Waals surface area (Å²) in [5, 5.41) is 0.688. The van der Waals surface area contributed by atoms with Gasteiger partial charge in [-0.1, -0.05) is 23.7 Å². The van der Waals surface area contributed by atoms with Gasteiger partial charge in [-0.3, -0.25) is 14.3 Å². The van der Waals surface area contributed by atoms with Crippen LogP contribution in [0.1, 0.15) is 0 Å². The zero-order valence-electron chi connectivity index (χ0n) is 16.0. The van der Waals surface area contributed by atoms with E-state index in [1.165, 1.54) is 4.57 Å². The van der Waals surface area contributed by atoms with Crippen LogP contribution >= 0.6 is 11.6 Å². The van der Waals surface area contributed by atoms with Crippen molar-refractivity contribution in [3.05, 3.63) is 64.0 Å². The molecular weight excluding hydrogens is 392 g/mol. The van der Waals surface area contributed by atoms with E-state index in [4.69, 9.17) is 16.3 Å². The second-order valence-electron chi connectivity index (χ2n) is 7.06. The average Bonchev–Trinajstić information content (AvgIpc) is 3.05. The molecule has 1 aliphatic rings. The standard InChI is InChI=1S/C21H23ClN4O3/c22-16-5-7-17(8-6-16)29-14-13-24-9-11-25(12-10-24)20(27)15-26-19-4-2-1-3-18(19)23-21(26)28/h1-8H,9-15H2,(H,23,28). The van der Waals surface area contributed by atoms with Crippen LogP contribution in [0.2, 0.25) is 5.02 Å². The van der Waals surface area contributed by atoms with Gasteiger partial charge in [0.25, 0.3) is 0 Å². The minimum absolute atomic E-state index is 0.0334. The van der Waals surface area contributed by atoms with Gasteiger partial charge in [0.1, 0.15) is 18.9 Å². The lowest BCUT2D eigenvalue weighted by Gasteiger charge is -2.34. The summed E-state index contributed by atoms with van der Waals surface area (Å²) >= 11 is 5.87. The molecule has 0 unspecified atom stereocenters. The number of nitrogens with one attached hydrogen (secondary N) is 1. The van der Waals surface area contributed by atoms with E-state index < -0.39 is 0 Å². The van der Waals surface area contributed by atoms with Crippen molar-refractivity contribution in [3.8, 4) is 5.75 Å². The second-order valence-corrected chi connectivity index (χ2v) is 7.49. The van der Waals surface area contributed by atoms with Crippen molar-refractivity contribution in [3.63, 3.8) is 0 Å². The molecule has 1 saturated heterocycles. The number of nitrogens with zero attached hydrogens (tertiary/aromatic N) is 3. The molecule has 8 heteroatoms. The van der Waals surface area contributed by atoms with Gasteiger partial charge in [-0.05, 0) is 36.4 Å². The molecule has 0 spiro atoms. The summed E-state index contributed by atoms with van der Waals surface area (Å²) in [6.07, 6.45) is 0. The number of aromatic nitrogens is 2. The largest absolute Gasteiger partial charge is 0.492 e. The van der Waals surface area contributed by atoms with Gasteiger partial charge in [0.15, 0.2) is 0 Å². The Morgan fingerprint density at radius 2 is 1.76 bits per heavy atom. The van der Waals surface area contributed by atoms with Gasteiger partial charge < -0.3 is 14.6 Å². The number of hydrogen-bond donors (Lipinski definition) is 1. The summed E-state index contributed by atoms with van der Waals surface area (Å²) in [5.41, 5.74) is 1.25. The van der Waals surface area contributed by atoms with Crippen LogP contribution in [0.15, 0.2) is 53.3 Å². The SMILES string of the molecule is O=C(Cn1c(=O)[nH]c2ccccc21)N1CCN(CCOc2ccc(Cl)cc2)CC1. The molecule has 3 aromatic rings. The van der Waals surface area contributed by atoms with E-state index in [1.807, 2.05) is 41.3 Å². The molecule has 152 valence electrons. The van der Waals surface area contributed by atoms with Crippen LogP contribution in [0.4, 0.5) is 0 Å². The number of fused-ring (bicyclic) bond motifs is 1. The van der Waals surface area contributed by atoms with Crippen molar-refractivity contribution in [1.82, 2.24) is 19.4 Å². The highest BCUT2D eigenvalue weighted by molar-refractivity contribution is 6.30. The number of H-pyrrole nitrogens is 1. The molecule has 1 aromatic heterocycles. The summed E-state index contributed by atoms with van der Waals surface area (Å²) in [6, 6.07) is 14.7. The number of hydrogen-bond acceptors (Lipinski definition) is 4. The number of piperazine rings is 1. The predicted octanol–water partition coefficient (Wildman–Crippen LogP) is 2.21. The molecule has 0 atom stereocenters. The average molecular weight is 415 g/mol. The monoisotopic (exact) mass is 414 g/mol. The van der Waals surface area contributed by atoms with Crippen molar-refractivity contribution < 1.29 is 9.53 Å². The lowest BCUT2D eigenvalue weighted by atomic mass is 10.3. The third-order valence-electron chi connectivity index (χ3n) is 5.19. The fraction of sp³-hybridized carbons (Fsp3) is 0.333. The Bertz CT molecular complexity index is 1040. The smallest absolute Gasteiger partial charge is 0.326 e. The zero-order chi connectivity index (χ0) is 20.2. The summed E-state index contributed by atoms with van der Waals surface area (Å²) in [4.78, 5) is 31.8. The van der Waals surface area contributed by atoms with Gasteiger partial charge in [0.05, 0.1) is 11.0 Å². The molecule has 1 amide bonds. The lowest BCUT2D eigenvalue weighted by Crippen LogP contribution is -2.50. The van der Waals surface area contributed by atoms with Crippen molar-refractivity contribution in [2.24, 2.45) is 0 Å². The van der Waals surface area contributed by atoms with Crippen LogP contribution in [-0.2, 0) is 11.3 Å². The highest BCUT2D eigenvalue weighted by Crippen LogP contribution is 2.15. The maximum atomic E-state index is 12.7. The Hall–Kier alpha value is -2.77. The first-order chi connectivity index (χ1) is 14.1. The molecule has 0 aliphatic carbocycles. The summed E-state index contributed by atoms with van der Waals surface area (Å²) in [5.74, 6) is 0.765. The topological polar surface area (TPSA) is 70.6 Å². The van der Waals surface area contributed by atoms with Crippen LogP contribution in [-0.4, -0.2) is 64.6 Å². The van der Waals surface area contributed by atoms with E-state index in [-0.39, 0.29) is 18.1 Å². The zero-order valence-corrected chi connectivity index (χ0v) is 16.8. The van der Waals surface area contributed by atoms with E-state index in [0.29, 0.717) is 24.7 Å². The number of halogens is 1. The fourth-order valence-electron chi connectivity index (χ4n) is 3.54. The van der Waals surface area contributed by atoms with Gasteiger partial charge in [0.2, 0.25) is 5.91 Å². The summed E-state index contributed by atoms with van der Waals surface area (Å²) in [7, 11) is 0. The van der Waals surface area contributed by atoms with Crippen LogP contribution < -0.4 is 10.4 Å². The maximum absolute atomic E-state index is 12.7. The van der Waals surface area contributed by atoms with E-state index in [9.17, 15) is 9.59 Å². The first-order valence-electron chi connectivity index (χ1n) is 9.66. The lowest BCUT2D eigenvalue weighted by molar-refractivity contribution is -0.133. The van der Waals surface area contributed by atoms with Crippen LogP contribution in [0, 0.1) is 0 Å². The number of rotatable bonds is 6. The van der Waals surface area contributed by atoms with E-state index >= 15 is 0 Å². The molecule has 1 N–H and O–H groups in total. The molecule has 29 heavy (non-hydrogen) atoms. The van der Waals surface area contributed by atoms with Crippen molar-refractivity contribution in [2.45, 2.75) is 6.54 Å². The Labute approximate surface area is 173 Å². The van der Waals surface area contributed by atoms with Gasteiger partial charge in [-0.25, -0.2) is 4.79 Å². The molecule has 1 aliphatic heterocycles. The number of carbonyl (C=O) groups excluding carboxylic acids is 1. The molecule has 1 fully saturated rings. The van der Waals surface area contributed by atoms with Crippen LogP contribution in [0.5, 0.6) is 5.75 Å². The quantitative estimate of drug-likeness (QED) is 0.671. The molecule has 2 heterocycles. The Morgan fingerprint density at radius 1 is 1.03 bits per heavy atom. The first-order valence-corrected chi connectivity index (χ1v) is 10.0. The maximum Gasteiger partial charge on any atom is 0.326 e. The highest BCUT2D eigenvalue weighted by atomic mass is 35.5. The van der Waals surface area contributed by atoms with Crippen molar-refractivity contribution in [2.75, 3.05) is 39.3 Å². The van der Waals surface area contributed by atoms with Crippen molar-refractivity contribution in [1.29, 1.82) is 0 Å². The summed E-state index contributed by atoms with van der Waals surface area (Å²) < 4.78 is 7.24. The minimum Gasteiger partial charge on any atom is -0.492 e. The third kappa shape index (κ3) is 4.63. The first kappa shape index (κ1) is 19.5. The minimum atomic E-state index is -0.252. The molecule has 4 rings (SSSR count). The number of carbonyl (C=O) groups is 1. The molecule has 2 aromatic carbocycles. The second kappa shape index (κ2) is 8.71. The number of ether oxygens (including phenoxy) is 1. The van der Waals surface area contributed by atoms with Gasteiger partial charge in [-0.15, -0.1) is 0 Å². The number of benzene rings is 2. The van der Waals surface area contributed by atoms with Crippen LogP contribution in [0.3, 0.4) is 0 Å². The third-order valence-corrected chi connectivity index (χ3v) is 5.44. The predicted molar refractivity (Wildman–Crippen MR) is 113 cm³/mol. The van der Waals surface area contributed by atoms with E-state index in [1.54, 1.807) is 12.1 Å².